The zero-order valence-electron chi connectivity index (χ0n) is 14.1. The molecule has 25 heavy (non-hydrogen) atoms. The Hall–Kier alpha value is -2.25. The number of rotatable bonds is 4. The highest BCUT2D eigenvalue weighted by Crippen LogP contribution is 2.34. The topological polar surface area (TPSA) is 75.3 Å². The largest absolute Gasteiger partial charge is 0.396 e. The van der Waals surface area contributed by atoms with Crippen LogP contribution in [0.4, 0.5) is 5.95 Å². The van der Waals surface area contributed by atoms with E-state index in [2.05, 4.69) is 21.1 Å². The van der Waals surface area contributed by atoms with Crippen molar-refractivity contribution in [1.29, 1.82) is 0 Å². The summed E-state index contributed by atoms with van der Waals surface area (Å²) < 4.78 is 5.44. The summed E-state index contributed by atoms with van der Waals surface area (Å²) in [5.41, 5.74) is 2.54. The number of nitrogens with zero attached hydrogens (tertiary/aromatic N) is 4. The highest BCUT2D eigenvalue weighted by molar-refractivity contribution is 7.13. The first-order valence-electron chi connectivity index (χ1n) is 8.45. The van der Waals surface area contributed by atoms with E-state index in [-0.39, 0.29) is 6.61 Å². The Labute approximate surface area is 150 Å². The van der Waals surface area contributed by atoms with E-state index in [0.717, 1.165) is 47.8 Å². The molecular formula is C18H20N4O2S. The molecule has 0 aromatic carbocycles. The van der Waals surface area contributed by atoms with E-state index in [9.17, 15) is 5.11 Å². The molecule has 130 valence electrons. The van der Waals surface area contributed by atoms with E-state index in [1.54, 1.807) is 11.3 Å². The zero-order chi connectivity index (χ0) is 17.2. The number of aliphatic hydroxyl groups is 1. The lowest BCUT2D eigenvalue weighted by molar-refractivity contribution is 0.208. The Morgan fingerprint density at radius 2 is 2.36 bits per heavy atom. The second-order valence-electron chi connectivity index (χ2n) is 6.38. The minimum atomic E-state index is 0.212. The van der Waals surface area contributed by atoms with Crippen LogP contribution in [0.15, 0.2) is 34.3 Å². The summed E-state index contributed by atoms with van der Waals surface area (Å²) in [6.45, 7) is 3.82. The Balaban J connectivity index is 1.75. The molecular weight excluding hydrogens is 336 g/mol. The van der Waals surface area contributed by atoms with Crippen LogP contribution in [0.3, 0.4) is 0 Å². The van der Waals surface area contributed by atoms with Crippen molar-refractivity contribution >= 4 is 17.3 Å². The monoisotopic (exact) mass is 356 g/mol. The van der Waals surface area contributed by atoms with Crippen LogP contribution in [0, 0.1) is 12.8 Å². The Morgan fingerprint density at radius 1 is 1.44 bits per heavy atom. The quantitative estimate of drug-likeness (QED) is 0.772. The van der Waals surface area contributed by atoms with Gasteiger partial charge in [0.15, 0.2) is 5.76 Å². The van der Waals surface area contributed by atoms with E-state index in [1.807, 2.05) is 30.6 Å². The molecule has 1 aliphatic heterocycles. The second-order valence-corrected chi connectivity index (χ2v) is 7.33. The van der Waals surface area contributed by atoms with Crippen molar-refractivity contribution in [2.24, 2.45) is 5.92 Å². The van der Waals surface area contributed by atoms with Crippen LogP contribution in [0.5, 0.6) is 0 Å². The van der Waals surface area contributed by atoms with Crippen molar-refractivity contribution in [3.8, 4) is 21.9 Å². The lowest BCUT2D eigenvalue weighted by atomic mass is 9.99. The van der Waals surface area contributed by atoms with Crippen LogP contribution < -0.4 is 4.90 Å². The van der Waals surface area contributed by atoms with Crippen LogP contribution in [0.1, 0.15) is 18.5 Å². The highest BCUT2D eigenvalue weighted by Gasteiger charge is 2.23. The number of aliphatic hydroxyl groups excluding tert-OH is 1. The first-order valence-corrected chi connectivity index (χ1v) is 9.33. The summed E-state index contributed by atoms with van der Waals surface area (Å²) in [7, 11) is 0. The molecule has 0 radical (unpaired) electrons. The number of hydrogen-bond donors (Lipinski definition) is 1. The van der Waals surface area contributed by atoms with E-state index >= 15 is 0 Å². The molecule has 1 fully saturated rings. The van der Waals surface area contributed by atoms with Gasteiger partial charge in [0.25, 0.3) is 0 Å². The fourth-order valence-electron chi connectivity index (χ4n) is 3.19. The molecule has 0 unspecified atom stereocenters. The lowest BCUT2D eigenvalue weighted by Gasteiger charge is -2.32. The van der Waals surface area contributed by atoms with Gasteiger partial charge in [-0.25, -0.2) is 9.97 Å². The molecule has 1 saturated heterocycles. The zero-order valence-corrected chi connectivity index (χ0v) is 14.9. The van der Waals surface area contributed by atoms with Gasteiger partial charge in [-0.05, 0) is 37.1 Å². The smallest absolute Gasteiger partial charge is 0.225 e. The molecule has 3 aromatic heterocycles. The Kier molecular flexibility index (Phi) is 4.50. The fourth-order valence-corrected chi connectivity index (χ4v) is 3.92. The van der Waals surface area contributed by atoms with E-state index in [1.165, 1.54) is 0 Å². The molecule has 4 heterocycles. The third-order valence-electron chi connectivity index (χ3n) is 4.48. The summed E-state index contributed by atoms with van der Waals surface area (Å²) in [6.07, 6.45) is 3.92. The summed E-state index contributed by atoms with van der Waals surface area (Å²) in [6, 6.07) is 5.97. The van der Waals surface area contributed by atoms with Gasteiger partial charge in [-0.15, -0.1) is 11.3 Å². The number of piperidine rings is 1. The van der Waals surface area contributed by atoms with Crippen molar-refractivity contribution in [2.45, 2.75) is 19.8 Å². The van der Waals surface area contributed by atoms with E-state index in [4.69, 9.17) is 9.51 Å². The summed E-state index contributed by atoms with van der Waals surface area (Å²) >= 11 is 1.64. The fraction of sp³-hybridized carbons (Fsp3) is 0.389. The highest BCUT2D eigenvalue weighted by atomic mass is 32.1. The van der Waals surface area contributed by atoms with Crippen LogP contribution >= 0.6 is 11.3 Å². The first kappa shape index (κ1) is 16.2. The molecule has 3 aromatic rings. The number of thiophene rings is 1. The van der Waals surface area contributed by atoms with Crippen LogP contribution in [0.2, 0.25) is 0 Å². The first-order chi connectivity index (χ1) is 12.2. The maximum Gasteiger partial charge on any atom is 0.225 e. The summed E-state index contributed by atoms with van der Waals surface area (Å²) in [5.74, 6) is 1.68. The predicted octanol–water partition coefficient (Wildman–Crippen LogP) is 3.38. The van der Waals surface area contributed by atoms with Gasteiger partial charge in [0.1, 0.15) is 0 Å². The third-order valence-corrected chi connectivity index (χ3v) is 5.36. The standard InChI is InChI=1S/C18H20N4O2S/c1-12-8-15(24-21-12)14-9-19-18(20-17(14)16-5-3-7-25-16)22-6-2-4-13(10-22)11-23/h3,5,7-9,13,23H,2,4,6,10-11H2,1H3/t13-/m1/s1. The van der Waals surface area contributed by atoms with Gasteiger partial charge in [0, 0.05) is 32.0 Å². The number of aromatic nitrogens is 3. The molecule has 1 atom stereocenters. The van der Waals surface area contributed by atoms with Gasteiger partial charge in [-0.1, -0.05) is 11.2 Å². The maximum absolute atomic E-state index is 9.47. The third kappa shape index (κ3) is 3.29. The number of hydrogen-bond acceptors (Lipinski definition) is 7. The molecule has 7 heteroatoms. The molecule has 0 aliphatic carbocycles. The SMILES string of the molecule is Cc1cc(-c2cnc(N3CCC[C@@H](CO)C3)nc2-c2cccs2)on1. The molecule has 1 N–H and O–H groups in total. The number of aryl methyl sites for hydroxylation is 1. The van der Waals surface area contributed by atoms with Crippen molar-refractivity contribution in [3.05, 3.63) is 35.5 Å². The van der Waals surface area contributed by atoms with Crippen molar-refractivity contribution < 1.29 is 9.63 Å². The Bertz CT molecular complexity index is 847. The minimum Gasteiger partial charge on any atom is -0.396 e. The van der Waals surface area contributed by atoms with E-state index in [0.29, 0.717) is 17.6 Å². The van der Waals surface area contributed by atoms with Gasteiger partial charge in [0.05, 0.1) is 21.8 Å². The van der Waals surface area contributed by atoms with Gasteiger partial charge in [-0.2, -0.15) is 0 Å². The molecule has 0 bridgehead atoms. The van der Waals surface area contributed by atoms with Crippen LogP contribution in [-0.4, -0.2) is 39.9 Å². The summed E-state index contributed by atoms with van der Waals surface area (Å²) in [4.78, 5) is 12.7. The minimum absolute atomic E-state index is 0.212. The Morgan fingerprint density at radius 3 is 3.08 bits per heavy atom. The number of anilines is 1. The second kappa shape index (κ2) is 6.93. The molecule has 1 aliphatic rings. The maximum atomic E-state index is 9.47. The van der Waals surface area contributed by atoms with Crippen molar-refractivity contribution in [2.75, 3.05) is 24.6 Å². The molecule has 4 rings (SSSR count). The predicted molar refractivity (Wildman–Crippen MR) is 97.6 cm³/mol. The van der Waals surface area contributed by atoms with Crippen molar-refractivity contribution in [1.82, 2.24) is 15.1 Å². The van der Waals surface area contributed by atoms with Crippen molar-refractivity contribution in [3.63, 3.8) is 0 Å². The average Bonchev–Trinajstić information content (AvgIpc) is 3.33. The van der Waals surface area contributed by atoms with Gasteiger partial charge >= 0.3 is 0 Å². The molecule has 0 saturated carbocycles. The summed E-state index contributed by atoms with van der Waals surface area (Å²) in [5, 5.41) is 15.5. The van der Waals surface area contributed by atoms with Gasteiger partial charge < -0.3 is 14.5 Å². The van der Waals surface area contributed by atoms with Crippen LogP contribution in [-0.2, 0) is 0 Å². The van der Waals surface area contributed by atoms with Gasteiger partial charge in [-0.3, -0.25) is 0 Å². The lowest BCUT2D eigenvalue weighted by Crippen LogP contribution is -2.37. The molecule has 6 nitrogen and oxygen atoms in total. The average molecular weight is 356 g/mol. The molecule has 0 amide bonds. The normalized spacial score (nSPS) is 17.8. The molecule has 0 spiro atoms. The van der Waals surface area contributed by atoms with Crippen LogP contribution in [0.25, 0.3) is 21.9 Å². The van der Waals surface area contributed by atoms with E-state index < -0.39 is 0 Å². The van der Waals surface area contributed by atoms with Gasteiger partial charge in [0.2, 0.25) is 5.95 Å².